The van der Waals surface area contributed by atoms with Gasteiger partial charge in [0.1, 0.15) is 13.2 Å². The number of hydrogen-bond acceptors (Lipinski definition) is 13. The van der Waals surface area contributed by atoms with Crippen molar-refractivity contribution < 1.29 is 28.9 Å². The van der Waals surface area contributed by atoms with E-state index in [1.807, 2.05) is 48.2 Å². The van der Waals surface area contributed by atoms with Gasteiger partial charge in [0.2, 0.25) is 5.96 Å². The number of nitro groups is 2. The van der Waals surface area contributed by atoms with Gasteiger partial charge in [0.25, 0.3) is 11.4 Å². The molecule has 1 fully saturated rings. The molecule has 2 amide bonds. The highest BCUT2D eigenvalue weighted by atomic mass is 32.2. The first-order chi connectivity index (χ1) is 31.6. The SMILES string of the molecule is O=C(NC(=NCc1ccc2c(c1)NC(N1CC(SC(c3ccccc3)(c3ccccc3)c3ccccc3)C1)=NC2)NC(=O)OCc1ccc([N+](=O)[O-])cc1)OCc1ccc([N+](=O)[O-])cc1. The Labute approximate surface area is 377 Å². The van der Waals surface area contributed by atoms with Crippen molar-refractivity contribution in [3.05, 3.63) is 217 Å². The summed E-state index contributed by atoms with van der Waals surface area (Å²) in [6.45, 7) is 1.65. The summed E-state index contributed by atoms with van der Waals surface area (Å²) in [5.41, 5.74) is 7.02. The molecule has 0 unspecified atom stereocenters. The maximum absolute atomic E-state index is 12.9. The molecular weight excluding hydrogens is 849 g/mol. The molecule has 6 aromatic rings. The summed E-state index contributed by atoms with van der Waals surface area (Å²) in [6, 6.07) is 48.7. The zero-order chi connectivity index (χ0) is 45.2. The third kappa shape index (κ3) is 10.6. The fourth-order valence-electron chi connectivity index (χ4n) is 7.41. The van der Waals surface area contributed by atoms with E-state index in [0.29, 0.717) is 22.9 Å². The van der Waals surface area contributed by atoms with E-state index in [1.54, 1.807) is 0 Å². The number of ether oxygens (including phenoxy) is 2. The molecule has 17 heteroatoms. The molecule has 0 aromatic heterocycles. The van der Waals surface area contributed by atoms with Crippen molar-refractivity contribution in [2.24, 2.45) is 9.98 Å². The molecule has 8 rings (SSSR count). The number of nitrogens with one attached hydrogen (secondary N) is 3. The molecule has 2 heterocycles. The summed E-state index contributed by atoms with van der Waals surface area (Å²) in [7, 11) is 0. The molecule has 2 aliphatic heterocycles. The summed E-state index contributed by atoms with van der Waals surface area (Å²) in [5, 5.41) is 30.7. The first kappa shape index (κ1) is 43.6. The Morgan fingerprint density at radius 3 is 1.62 bits per heavy atom. The normalized spacial score (nSPS) is 13.2. The lowest BCUT2D eigenvalue weighted by molar-refractivity contribution is -0.385. The number of carbonyl (C=O) groups excluding carboxylic acids is 2. The van der Waals surface area contributed by atoms with Gasteiger partial charge < -0.3 is 19.7 Å². The van der Waals surface area contributed by atoms with Crippen molar-refractivity contribution >= 4 is 52.9 Å². The molecule has 16 nitrogen and oxygen atoms in total. The Kier molecular flexibility index (Phi) is 13.4. The lowest BCUT2D eigenvalue weighted by atomic mass is 9.84. The van der Waals surface area contributed by atoms with Crippen LogP contribution in [0.25, 0.3) is 0 Å². The highest BCUT2D eigenvalue weighted by Gasteiger charge is 2.43. The van der Waals surface area contributed by atoms with Gasteiger partial charge in [0.15, 0.2) is 5.96 Å². The fraction of sp³-hybridized carbons (Fsp3) is 0.167. The van der Waals surface area contributed by atoms with Gasteiger partial charge in [-0.2, -0.15) is 0 Å². The minimum absolute atomic E-state index is 0.0327. The minimum Gasteiger partial charge on any atom is -0.444 e. The van der Waals surface area contributed by atoms with Gasteiger partial charge in [-0.05, 0) is 69.3 Å². The highest BCUT2D eigenvalue weighted by molar-refractivity contribution is 8.01. The summed E-state index contributed by atoms with van der Waals surface area (Å²) in [5.74, 6) is 0.511. The van der Waals surface area contributed by atoms with Crippen LogP contribution in [0.2, 0.25) is 0 Å². The van der Waals surface area contributed by atoms with E-state index >= 15 is 0 Å². The number of guanidine groups is 2. The number of benzene rings is 6. The third-order valence-corrected chi connectivity index (χ3v) is 12.4. The first-order valence-corrected chi connectivity index (χ1v) is 21.4. The number of anilines is 1. The number of hydrogen-bond donors (Lipinski definition) is 3. The van der Waals surface area contributed by atoms with Crippen LogP contribution < -0.4 is 16.0 Å². The molecule has 3 N–H and O–H groups in total. The van der Waals surface area contributed by atoms with Crippen LogP contribution in [0.3, 0.4) is 0 Å². The number of aliphatic imine (C=N–C) groups is 2. The maximum atomic E-state index is 12.9. The number of amides is 2. The number of thioether (sulfide) groups is 1. The number of nitrogens with zero attached hydrogens (tertiary/aromatic N) is 5. The molecule has 0 bridgehead atoms. The minimum atomic E-state index is -0.953. The van der Waals surface area contributed by atoms with Gasteiger partial charge in [-0.3, -0.25) is 30.9 Å². The number of carbonyl (C=O) groups is 2. The lowest BCUT2D eigenvalue weighted by Gasteiger charge is -2.46. The molecular formula is C48H42N8O8S. The van der Waals surface area contributed by atoms with Crippen LogP contribution in [0.1, 0.15) is 38.9 Å². The zero-order valence-electron chi connectivity index (χ0n) is 34.7. The zero-order valence-corrected chi connectivity index (χ0v) is 35.6. The molecule has 2 aliphatic rings. The maximum Gasteiger partial charge on any atom is 0.414 e. The Hall–Kier alpha value is -8.05. The van der Waals surface area contributed by atoms with Crippen LogP contribution >= 0.6 is 11.8 Å². The average Bonchev–Trinajstić information content (AvgIpc) is 3.32. The van der Waals surface area contributed by atoms with Crippen LogP contribution in [0, 0.1) is 20.2 Å². The Balaban J connectivity index is 0.930. The van der Waals surface area contributed by atoms with Crippen molar-refractivity contribution in [1.29, 1.82) is 0 Å². The van der Waals surface area contributed by atoms with E-state index in [9.17, 15) is 29.8 Å². The quantitative estimate of drug-likeness (QED) is 0.0328. The summed E-state index contributed by atoms with van der Waals surface area (Å²) in [4.78, 5) is 58.4. The van der Waals surface area contributed by atoms with Gasteiger partial charge in [-0.25, -0.2) is 19.6 Å². The van der Waals surface area contributed by atoms with Crippen LogP contribution in [0.15, 0.2) is 168 Å². The predicted octanol–water partition coefficient (Wildman–Crippen LogP) is 8.90. The number of fused-ring (bicyclic) bond motifs is 1. The number of nitro benzene ring substituents is 2. The summed E-state index contributed by atoms with van der Waals surface area (Å²) >= 11 is 1.96. The standard InChI is InChI=1S/C48H42N8O8S/c57-46(63-31-33-17-22-40(23-18-33)55(59)60)52-44(53-47(58)64-32-34-19-24-41(25-20-34)56(61)62)49-27-35-16-21-36-28-50-45(51-43(36)26-35)54-29-42(30-54)65-48(37-10-4-1-5-11-37,38-12-6-2-7-13-38)39-14-8-3-9-15-39/h1-26,42H,27-32H2,(H,50,51)(H2,49,52,53,57,58). The van der Waals surface area contributed by atoms with Crippen molar-refractivity contribution in [3.8, 4) is 0 Å². The topological polar surface area (TPSA) is 203 Å². The number of alkyl carbamates (subject to hydrolysis) is 2. The van der Waals surface area contributed by atoms with Crippen molar-refractivity contribution in [1.82, 2.24) is 15.5 Å². The van der Waals surface area contributed by atoms with E-state index in [1.165, 1.54) is 65.2 Å². The van der Waals surface area contributed by atoms with Gasteiger partial charge in [0.05, 0.1) is 27.7 Å². The van der Waals surface area contributed by atoms with E-state index in [2.05, 4.69) is 98.6 Å². The lowest BCUT2D eigenvalue weighted by Crippen LogP contribution is -2.56. The molecule has 1 saturated heterocycles. The monoisotopic (exact) mass is 890 g/mol. The van der Waals surface area contributed by atoms with Gasteiger partial charge >= 0.3 is 12.2 Å². The van der Waals surface area contributed by atoms with Gasteiger partial charge in [0, 0.05) is 48.3 Å². The Bertz CT molecular complexity index is 2540. The largest absolute Gasteiger partial charge is 0.444 e. The third-order valence-electron chi connectivity index (χ3n) is 10.7. The fourth-order valence-corrected chi connectivity index (χ4v) is 9.23. The number of non-ortho nitro benzene ring substituents is 2. The Morgan fingerprint density at radius 1 is 0.692 bits per heavy atom. The molecule has 0 saturated carbocycles. The van der Waals surface area contributed by atoms with Gasteiger partial charge in [-0.15, -0.1) is 11.8 Å². The first-order valence-electron chi connectivity index (χ1n) is 20.5. The van der Waals surface area contributed by atoms with E-state index < -0.39 is 26.8 Å². The molecule has 0 radical (unpaired) electrons. The summed E-state index contributed by atoms with van der Waals surface area (Å²) < 4.78 is 10.2. The van der Waals surface area contributed by atoms with Crippen LogP contribution in [0.5, 0.6) is 0 Å². The van der Waals surface area contributed by atoms with Crippen molar-refractivity contribution in [2.75, 3.05) is 18.4 Å². The molecule has 65 heavy (non-hydrogen) atoms. The van der Waals surface area contributed by atoms with E-state index in [-0.39, 0.29) is 37.1 Å². The van der Waals surface area contributed by atoms with Crippen molar-refractivity contribution in [2.45, 2.75) is 36.3 Å². The second-order valence-electron chi connectivity index (χ2n) is 15.1. The highest BCUT2D eigenvalue weighted by Crippen LogP contribution is 2.51. The van der Waals surface area contributed by atoms with E-state index in [4.69, 9.17) is 14.5 Å². The summed E-state index contributed by atoms with van der Waals surface area (Å²) in [6.07, 6.45) is -1.91. The predicted molar refractivity (Wildman–Crippen MR) is 247 cm³/mol. The number of rotatable bonds is 13. The van der Waals surface area contributed by atoms with Crippen molar-refractivity contribution in [3.63, 3.8) is 0 Å². The van der Waals surface area contributed by atoms with E-state index in [0.717, 1.165) is 35.9 Å². The molecule has 6 aromatic carbocycles. The van der Waals surface area contributed by atoms with Crippen LogP contribution in [0.4, 0.5) is 26.7 Å². The molecule has 0 atom stereocenters. The Morgan fingerprint density at radius 2 is 1.15 bits per heavy atom. The molecule has 0 aliphatic carbocycles. The molecule has 328 valence electrons. The van der Waals surface area contributed by atoms with Crippen LogP contribution in [-0.2, 0) is 40.5 Å². The van der Waals surface area contributed by atoms with Crippen LogP contribution in [-0.4, -0.2) is 57.2 Å². The average molecular weight is 891 g/mol. The smallest absolute Gasteiger partial charge is 0.414 e. The number of likely N-dealkylation sites (tertiary alicyclic amines) is 1. The second kappa shape index (κ2) is 20.0. The molecule has 0 spiro atoms. The second-order valence-corrected chi connectivity index (χ2v) is 16.6. The van der Waals surface area contributed by atoms with Gasteiger partial charge in [-0.1, -0.05) is 103 Å².